The van der Waals surface area contributed by atoms with Gasteiger partial charge in [0.25, 0.3) is 0 Å². The average molecular weight is 306 g/mol. The summed E-state index contributed by atoms with van der Waals surface area (Å²) in [6.45, 7) is 2.48. The number of carboxylic acid groups (broad SMARTS) is 1. The normalized spacial score (nSPS) is 10.1. The van der Waals surface area contributed by atoms with Gasteiger partial charge in [0.05, 0.1) is 13.0 Å². The van der Waals surface area contributed by atoms with Gasteiger partial charge >= 0.3 is 5.97 Å². The molecule has 0 atom stereocenters. The van der Waals surface area contributed by atoms with Crippen molar-refractivity contribution in [2.24, 2.45) is 0 Å². The molecule has 1 aromatic carbocycles. The molecular formula is C14H14N2O4S. The largest absolute Gasteiger partial charge is 0.494 e. The van der Waals surface area contributed by atoms with Crippen LogP contribution >= 0.6 is 11.3 Å². The second-order valence-electron chi connectivity index (χ2n) is 4.11. The summed E-state index contributed by atoms with van der Waals surface area (Å²) in [6, 6.07) is 7.02. The van der Waals surface area contributed by atoms with Crippen molar-refractivity contribution in [3.63, 3.8) is 0 Å². The minimum absolute atomic E-state index is 0.0381. The summed E-state index contributed by atoms with van der Waals surface area (Å²) in [5, 5.41) is 13.4. The van der Waals surface area contributed by atoms with Gasteiger partial charge < -0.3 is 15.2 Å². The molecule has 0 saturated heterocycles. The number of rotatable bonds is 6. The number of amides is 1. The zero-order chi connectivity index (χ0) is 15.2. The summed E-state index contributed by atoms with van der Waals surface area (Å²) in [5.41, 5.74) is 0.613. The van der Waals surface area contributed by atoms with E-state index in [2.05, 4.69) is 10.3 Å². The Morgan fingerprint density at radius 2 is 2.05 bits per heavy atom. The number of aromatic carboxylic acids is 1. The van der Waals surface area contributed by atoms with Crippen LogP contribution in [0.4, 0.5) is 5.69 Å². The number of anilines is 1. The highest BCUT2D eigenvalue weighted by atomic mass is 32.1. The summed E-state index contributed by atoms with van der Waals surface area (Å²) in [6.07, 6.45) is 0.0468. The zero-order valence-corrected chi connectivity index (χ0v) is 12.1. The fourth-order valence-corrected chi connectivity index (χ4v) is 2.40. The first-order chi connectivity index (χ1) is 10.1. The maximum absolute atomic E-state index is 11.8. The van der Waals surface area contributed by atoms with Crippen molar-refractivity contribution in [3.05, 3.63) is 40.3 Å². The van der Waals surface area contributed by atoms with Crippen molar-refractivity contribution in [2.45, 2.75) is 13.3 Å². The summed E-state index contributed by atoms with van der Waals surface area (Å²) in [7, 11) is 0. The zero-order valence-electron chi connectivity index (χ0n) is 11.3. The first kappa shape index (κ1) is 15.0. The molecular weight excluding hydrogens is 292 g/mol. The standard InChI is InChI=1S/C14H14N2O4S/c1-2-20-10-5-3-9(4-6-10)15-12(17)7-13-16-11(8-21-13)14(18)19/h3-6,8H,2,7H2,1H3,(H,15,17)(H,18,19). The molecule has 2 rings (SSSR count). The number of carbonyl (C=O) groups excluding carboxylic acids is 1. The Labute approximate surface area is 125 Å². The first-order valence-electron chi connectivity index (χ1n) is 6.29. The minimum Gasteiger partial charge on any atom is -0.494 e. The van der Waals surface area contributed by atoms with E-state index < -0.39 is 5.97 Å². The molecule has 0 aliphatic rings. The number of carbonyl (C=O) groups is 2. The van der Waals surface area contributed by atoms with E-state index in [1.807, 2.05) is 6.92 Å². The van der Waals surface area contributed by atoms with E-state index in [1.165, 1.54) is 5.38 Å². The predicted molar refractivity (Wildman–Crippen MR) is 79.0 cm³/mol. The second-order valence-corrected chi connectivity index (χ2v) is 5.06. The van der Waals surface area contributed by atoms with Crippen LogP contribution in [0.1, 0.15) is 22.4 Å². The van der Waals surface area contributed by atoms with E-state index >= 15 is 0 Å². The molecule has 7 heteroatoms. The van der Waals surface area contributed by atoms with E-state index in [0.717, 1.165) is 17.1 Å². The van der Waals surface area contributed by atoms with Crippen molar-refractivity contribution in [1.82, 2.24) is 4.98 Å². The fourth-order valence-electron chi connectivity index (χ4n) is 1.63. The quantitative estimate of drug-likeness (QED) is 0.855. The maximum atomic E-state index is 11.8. The van der Waals surface area contributed by atoms with Crippen molar-refractivity contribution in [2.75, 3.05) is 11.9 Å². The summed E-state index contributed by atoms with van der Waals surface area (Å²) < 4.78 is 5.31. The van der Waals surface area contributed by atoms with Crippen LogP contribution in [-0.4, -0.2) is 28.6 Å². The monoisotopic (exact) mass is 306 g/mol. The minimum atomic E-state index is -1.09. The van der Waals surface area contributed by atoms with E-state index in [-0.39, 0.29) is 18.0 Å². The van der Waals surface area contributed by atoms with Crippen molar-refractivity contribution in [1.29, 1.82) is 0 Å². The Balaban J connectivity index is 1.92. The molecule has 2 N–H and O–H groups in total. The SMILES string of the molecule is CCOc1ccc(NC(=O)Cc2nc(C(=O)O)cs2)cc1. The number of carboxylic acids is 1. The molecule has 0 aliphatic carbocycles. The number of nitrogens with one attached hydrogen (secondary N) is 1. The molecule has 1 heterocycles. The predicted octanol–water partition coefficient (Wildman–Crippen LogP) is 2.42. The third-order valence-corrected chi connectivity index (χ3v) is 3.38. The summed E-state index contributed by atoms with van der Waals surface area (Å²) in [4.78, 5) is 26.4. The van der Waals surface area contributed by atoms with Gasteiger partial charge in [-0.05, 0) is 31.2 Å². The van der Waals surface area contributed by atoms with Crippen molar-refractivity contribution < 1.29 is 19.4 Å². The van der Waals surface area contributed by atoms with Crippen LogP contribution in [0.25, 0.3) is 0 Å². The van der Waals surface area contributed by atoms with Crippen LogP contribution in [-0.2, 0) is 11.2 Å². The van der Waals surface area contributed by atoms with E-state index in [0.29, 0.717) is 17.3 Å². The van der Waals surface area contributed by atoms with Gasteiger partial charge in [-0.3, -0.25) is 4.79 Å². The van der Waals surface area contributed by atoms with Crippen LogP contribution in [0.5, 0.6) is 5.75 Å². The average Bonchev–Trinajstić information content (AvgIpc) is 2.90. The number of aromatic nitrogens is 1. The number of nitrogens with zero attached hydrogens (tertiary/aromatic N) is 1. The molecule has 110 valence electrons. The Hall–Kier alpha value is -2.41. The van der Waals surface area contributed by atoms with Gasteiger partial charge in [0.1, 0.15) is 10.8 Å². The highest BCUT2D eigenvalue weighted by Gasteiger charge is 2.12. The summed E-state index contributed by atoms with van der Waals surface area (Å²) >= 11 is 1.15. The number of hydrogen-bond acceptors (Lipinski definition) is 5. The van der Waals surface area contributed by atoms with Gasteiger partial charge in [0.15, 0.2) is 5.69 Å². The molecule has 1 aromatic heterocycles. The number of benzene rings is 1. The third kappa shape index (κ3) is 4.28. The van der Waals surface area contributed by atoms with Crippen molar-refractivity contribution >= 4 is 28.9 Å². The molecule has 0 saturated carbocycles. The lowest BCUT2D eigenvalue weighted by atomic mass is 10.3. The molecule has 21 heavy (non-hydrogen) atoms. The lowest BCUT2D eigenvalue weighted by molar-refractivity contribution is -0.115. The molecule has 0 spiro atoms. The number of thiazole rings is 1. The molecule has 2 aromatic rings. The number of ether oxygens (including phenoxy) is 1. The Morgan fingerprint density at radius 1 is 1.33 bits per heavy atom. The van der Waals surface area contributed by atoms with Gasteiger partial charge in [0, 0.05) is 11.1 Å². The molecule has 6 nitrogen and oxygen atoms in total. The van der Waals surface area contributed by atoms with Gasteiger partial charge in [-0.2, -0.15) is 0 Å². The molecule has 0 bridgehead atoms. The van der Waals surface area contributed by atoms with Crippen LogP contribution in [0.2, 0.25) is 0 Å². The van der Waals surface area contributed by atoms with Crippen molar-refractivity contribution in [3.8, 4) is 5.75 Å². The lowest BCUT2D eigenvalue weighted by Crippen LogP contribution is -2.14. The van der Waals surface area contributed by atoms with Gasteiger partial charge in [-0.1, -0.05) is 0 Å². The van der Waals surface area contributed by atoms with E-state index in [9.17, 15) is 9.59 Å². The molecule has 0 fully saturated rings. The van der Waals surface area contributed by atoms with E-state index in [4.69, 9.17) is 9.84 Å². The Morgan fingerprint density at radius 3 is 2.62 bits per heavy atom. The van der Waals surface area contributed by atoms with Gasteiger partial charge in [-0.25, -0.2) is 9.78 Å². The van der Waals surface area contributed by atoms with Gasteiger partial charge in [0.2, 0.25) is 5.91 Å². The maximum Gasteiger partial charge on any atom is 0.355 e. The smallest absolute Gasteiger partial charge is 0.355 e. The van der Waals surface area contributed by atoms with E-state index in [1.54, 1.807) is 24.3 Å². The second kappa shape index (κ2) is 6.85. The Bertz CT molecular complexity index is 637. The molecule has 0 aliphatic heterocycles. The van der Waals surface area contributed by atoms with Gasteiger partial charge in [-0.15, -0.1) is 11.3 Å². The summed E-state index contributed by atoms with van der Waals surface area (Å²) in [5.74, 6) is -0.601. The fraction of sp³-hybridized carbons (Fsp3) is 0.214. The topological polar surface area (TPSA) is 88.5 Å². The van der Waals surface area contributed by atoms with Crippen LogP contribution < -0.4 is 10.1 Å². The number of hydrogen-bond donors (Lipinski definition) is 2. The van der Waals surface area contributed by atoms with Crippen LogP contribution in [0.15, 0.2) is 29.6 Å². The van der Waals surface area contributed by atoms with Crippen LogP contribution in [0, 0.1) is 0 Å². The highest BCUT2D eigenvalue weighted by Crippen LogP contribution is 2.16. The van der Waals surface area contributed by atoms with Crippen LogP contribution in [0.3, 0.4) is 0 Å². The highest BCUT2D eigenvalue weighted by molar-refractivity contribution is 7.09. The Kier molecular flexibility index (Phi) is 4.89. The molecule has 1 amide bonds. The first-order valence-corrected chi connectivity index (χ1v) is 7.17. The molecule has 0 unspecified atom stereocenters. The third-order valence-electron chi connectivity index (χ3n) is 2.53. The lowest BCUT2D eigenvalue weighted by Gasteiger charge is -2.06. The molecule has 0 radical (unpaired) electrons.